The third-order valence-corrected chi connectivity index (χ3v) is 15.3. The average molecular weight is 893 g/mol. The summed E-state index contributed by atoms with van der Waals surface area (Å²) in [6.45, 7) is 0. The van der Waals surface area contributed by atoms with Gasteiger partial charge in [0.2, 0.25) is 0 Å². The lowest BCUT2D eigenvalue weighted by molar-refractivity contribution is 1.31. The van der Waals surface area contributed by atoms with Crippen LogP contribution in [0, 0.1) is 0 Å². The molecule has 0 N–H and O–H groups in total. The second kappa shape index (κ2) is 16.0. The van der Waals surface area contributed by atoms with Crippen molar-refractivity contribution in [2.75, 3.05) is 0 Å². The van der Waals surface area contributed by atoms with Gasteiger partial charge in [-0.3, -0.25) is 4.98 Å². The first-order valence-corrected chi connectivity index (χ1v) is 24.3. The van der Waals surface area contributed by atoms with Gasteiger partial charge in [0.1, 0.15) is 0 Å². The third-order valence-electron chi connectivity index (χ3n) is 14.1. The number of hydrogen-bond acceptors (Lipinski definition) is 3. The molecule has 0 aliphatic carbocycles. The molecule has 0 saturated heterocycles. The van der Waals surface area contributed by atoms with Crippen molar-refractivity contribution < 1.29 is 0 Å². The lowest BCUT2D eigenvalue weighted by Gasteiger charge is -2.14. The van der Waals surface area contributed by atoms with Crippen molar-refractivity contribution in [3.8, 4) is 66.9 Å². The van der Waals surface area contributed by atoms with Crippen molar-refractivity contribution >= 4 is 85.6 Å². The van der Waals surface area contributed by atoms with Crippen LogP contribution in [0.25, 0.3) is 141 Å². The molecule has 0 unspecified atom stereocenters. The van der Waals surface area contributed by atoms with E-state index in [-0.39, 0.29) is 0 Å². The van der Waals surface area contributed by atoms with Crippen molar-refractivity contribution in [2.24, 2.45) is 0 Å². The van der Waals surface area contributed by atoms with Crippen molar-refractivity contribution in [3.05, 3.63) is 243 Å². The summed E-state index contributed by atoms with van der Waals surface area (Å²) >= 11 is 1.88. The molecule has 0 aliphatic heterocycles. The molecule has 0 atom stereocenters. The van der Waals surface area contributed by atoms with Gasteiger partial charge in [0.05, 0.1) is 22.9 Å². The quantitative estimate of drug-likeness (QED) is 0.155. The van der Waals surface area contributed by atoms with Gasteiger partial charge >= 0.3 is 0 Å². The van der Waals surface area contributed by atoms with Gasteiger partial charge in [-0.1, -0.05) is 200 Å². The first-order valence-electron chi connectivity index (χ1n) is 23.5. The summed E-state index contributed by atoms with van der Waals surface area (Å²) < 4.78 is 2.67. The number of nitrogens with zero attached hydrogens (tertiary/aromatic N) is 2. The fourth-order valence-electron chi connectivity index (χ4n) is 10.5. The van der Waals surface area contributed by atoms with Crippen LogP contribution < -0.4 is 0 Å². The van der Waals surface area contributed by atoms with E-state index in [0.29, 0.717) is 0 Å². The normalized spacial score (nSPS) is 11.8. The van der Waals surface area contributed by atoms with Crippen LogP contribution in [0.2, 0.25) is 0 Å². The fourth-order valence-corrected chi connectivity index (χ4v) is 11.7. The van der Waals surface area contributed by atoms with Gasteiger partial charge in [-0.25, -0.2) is 4.98 Å². The molecule has 0 aliphatic rings. The first-order chi connectivity index (χ1) is 34.1. The van der Waals surface area contributed by atoms with Crippen molar-refractivity contribution in [3.63, 3.8) is 0 Å². The Balaban J connectivity index is 0.818. The molecule has 0 saturated carbocycles. The Morgan fingerprint density at radius 2 is 0.754 bits per heavy atom. The van der Waals surface area contributed by atoms with Gasteiger partial charge in [0.25, 0.3) is 0 Å². The molecule has 2 heterocycles. The van der Waals surface area contributed by atoms with Crippen LogP contribution in [0.5, 0.6) is 0 Å². The summed E-state index contributed by atoms with van der Waals surface area (Å²) in [5.41, 5.74) is 15.6. The summed E-state index contributed by atoms with van der Waals surface area (Å²) in [4.78, 5) is 10.6. The van der Waals surface area contributed by atoms with E-state index in [4.69, 9.17) is 9.97 Å². The Labute approximate surface area is 403 Å². The number of fused-ring (bicyclic) bond motifs is 11. The van der Waals surface area contributed by atoms with Crippen LogP contribution in [0.4, 0.5) is 0 Å². The summed E-state index contributed by atoms with van der Waals surface area (Å²) in [5, 5.41) is 12.1. The topological polar surface area (TPSA) is 25.8 Å². The van der Waals surface area contributed by atoms with E-state index < -0.39 is 0 Å². The van der Waals surface area contributed by atoms with Gasteiger partial charge in [0, 0.05) is 36.5 Å². The van der Waals surface area contributed by atoms with Gasteiger partial charge in [-0.05, 0) is 124 Å². The number of benzene rings is 12. The number of rotatable bonds is 6. The molecular weight excluding hydrogens is 853 g/mol. The van der Waals surface area contributed by atoms with E-state index in [1.54, 1.807) is 0 Å². The largest absolute Gasteiger partial charge is 0.252 e. The molecule has 69 heavy (non-hydrogen) atoms. The smallest absolute Gasteiger partial charge is 0.0979 e. The van der Waals surface area contributed by atoms with Crippen LogP contribution in [0.15, 0.2) is 243 Å². The van der Waals surface area contributed by atoms with Gasteiger partial charge in [0.15, 0.2) is 0 Å². The highest BCUT2D eigenvalue weighted by molar-refractivity contribution is 7.26. The molecule has 0 bridgehead atoms. The predicted molar refractivity (Wildman–Crippen MR) is 295 cm³/mol. The Kier molecular flexibility index (Phi) is 9.11. The second-order valence-corrected chi connectivity index (χ2v) is 19.2. The van der Waals surface area contributed by atoms with Gasteiger partial charge < -0.3 is 0 Å². The standard InChI is InChI=1S/C66H40N2S/c1-3-11-47-36-51(29-23-41(47)9-1)53-31-33-57-60(38-53)61-39-54(52-30-24-42-10-2-4-12-48(42)37-52)32-34-58(61)65-64(57)67-40-62(68-65)46-27-21-44(22-28-46)50-14-7-13-49(35-50)43-19-25-45(26-20-43)55-16-8-17-59-56-15-5-6-18-63(56)69-66(55)59/h1-40H. The maximum Gasteiger partial charge on any atom is 0.0979 e. The van der Waals surface area contributed by atoms with E-state index in [2.05, 4.69) is 237 Å². The zero-order chi connectivity index (χ0) is 45.4. The minimum atomic E-state index is 0.848. The highest BCUT2D eigenvalue weighted by atomic mass is 32.1. The minimum Gasteiger partial charge on any atom is -0.252 e. The molecular formula is C66H40N2S. The maximum atomic E-state index is 5.43. The monoisotopic (exact) mass is 892 g/mol. The van der Waals surface area contributed by atoms with E-state index in [9.17, 15) is 0 Å². The predicted octanol–water partition coefficient (Wildman–Crippen LogP) is 18.6. The van der Waals surface area contributed by atoms with Gasteiger partial charge in [-0.15, -0.1) is 11.3 Å². The Hall–Kier alpha value is -8.76. The number of hydrogen-bond donors (Lipinski definition) is 0. The Morgan fingerprint density at radius 1 is 0.275 bits per heavy atom. The van der Waals surface area contributed by atoms with E-state index in [1.807, 2.05) is 17.5 Å². The molecule has 3 heteroatoms. The molecule has 2 nitrogen and oxygen atoms in total. The van der Waals surface area contributed by atoms with Crippen LogP contribution in [0.3, 0.4) is 0 Å². The zero-order valence-electron chi connectivity index (χ0n) is 37.4. The molecule has 14 rings (SSSR count). The van der Waals surface area contributed by atoms with E-state index in [1.165, 1.54) is 97.2 Å². The summed E-state index contributed by atoms with van der Waals surface area (Å²) in [6, 6.07) is 86.3. The fraction of sp³-hybridized carbons (Fsp3) is 0. The first kappa shape index (κ1) is 39.4. The van der Waals surface area contributed by atoms with E-state index in [0.717, 1.165) is 44.0 Å². The maximum absolute atomic E-state index is 5.43. The molecule has 0 fully saturated rings. The molecule has 320 valence electrons. The molecule has 2 aromatic heterocycles. The Bertz CT molecular complexity index is 4360. The van der Waals surface area contributed by atoms with Crippen molar-refractivity contribution in [1.29, 1.82) is 0 Å². The Morgan fingerprint density at radius 3 is 1.41 bits per heavy atom. The average Bonchev–Trinajstić information content (AvgIpc) is 3.82. The highest BCUT2D eigenvalue weighted by Gasteiger charge is 2.16. The van der Waals surface area contributed by atoms with Crippen LogP contribution in [-0.2, 0) is 0 Å². The van der Waals surface area contributed by atoms with Crippen LogP contribution in [0.1, 0.15) is 0 Å². The van der Waals surface area contributed by atoms with Crippen LogP contribution in [-0.4, -0.2) is 9.97 Å². The lowest BCUT2D eigenvalue weighted by atomic mass is 9.92. The summed E-state index contributed by atoms with van der Waals surface area (Å²) in [5.74, 6) is 0. The highest BCUT2D eigenvalue weighted by Crippen LogP contribution is 2.42. The van der Waals surface area contributed by atoms with Crippen molar-refractivity contribution in [2.45, 2.75) is 0 Å². The van der Waals surface area contributed by atoms with E-state index >= 15 is 0 Å². The second-order valence-electron chi connectivity index (χ2n) is 18.1. The zero-order valence-corrected chi connectivity index (χ0v) is 38.2. The van der Waals surface area contributed by atoms with Crippen molar-refractivity contribution in [1.82, 2.24) is 9.97 Å². The SMILES string of the molecule is c1cc(-c2ccc(-c3cnc4c5ccc(-c6ccc7ccccc7c6)cc5c5cc(-c6ccc7ccccc7c6)ccc5c4n3)cc2)cc(-c2ccc(-c3cccc4c3sc3ccccc34)cc2)c1. The molecule has 0 spiro atoms. The lowest BCUT2D eigenvalue weighted by Crippen LogP contribution is -1.93. The van der Waals surface area contributed by atoms with Gasteiger partial charge in [-0.2, -0.15) is 0 Å². The molecule has 14 aromatic rings. The molecule has 0 amide bonds. The van der Waals surface area contributed by atoms with Crippen LogP contribution >= 0.6 is 11.3 Å². The number of thiophene rings is 1. The minimum absolute atomic E-state index is 0.848. The summed E-state index contributed by atoms with van der Waals surface area (Å²) in [7, 11) is 0. The third kappa shape index (κ3) is 6.78. The molecule has 12 aromatic carbocycles. The summed E-state index contributed by atoms with van der Waals surface area (Å²) in [6.07, 6.45) is 1.94. The molecule has 0 radical (unpaired) electrons. The number of aromatic nitrogens is 2.